The molecule has 0 fully saturated rings. The summed E-state index contributed by atoms with van der Waals surface area (Å²) >= 11 is 6.02. The van der Waals surface area contributed by atoms with Crippen molar-refractivity contribution >= 4 is 28.9 Å². The minimum Gasteiger partial charge on any atom is -0.340 e. The third-order valence-corrected chi connectivity index (χ3v) is 3.29. The predicted molar refractivity (Wildman–Crippen MR) is 84.2 cm³/mol. The van der Waals surface area contributed by atoms with E-state index in [2.05, 4.69) is 27.3 Å². The van der Waals surface area contributed by atoms with E-state index < -0.39 is 0 Å². The van der Waals surface area contributed by atoms with E-state index in [9.17, 15) is 0 Å². The normalized spacial score (nSPS) is 11.0. The molecule has 0 saturated heterocycles. The summed E-state index contributed by atoms with van der Waals surface area (Å²) in [5, 5.41) is 8.52. The van der Waals surface area contributed by atoms with Gasteiger partial charge in [-0.15, -0.1) is 5.10 Å². The first kappa shape index (κ1) is 13.8. The Kier molecular flexibility index (Phi) is 3.75. The van der Waals surface area contributed by atoms with Crippen molar-refractivity contribution in [3.63, 3.8) is 0 Å². The van der Waals surface area contributed by atoms with Crippen molar-refractivity contribution in [3.05, 3.63) is 46.9 Å². The third-order valence-electron chi connectivity index (χ3n) is 3.05. The maximum Gasteiger partial charge on any atom is 0.254 e. The monoisotopic (exact) mass is 301 g/mol. The lowest BCUT2D eigenvalue weighted by atomic mass is 10.3. The highest BCUT2D eigenvalue weighted by atomic mass is 35.5. The predicted octanol–water partition coefficient (Wildman–Crippen LogP) is 3.78. The Labute approximate surface area is 128 Å². The third kappa shape index (κ3) is 2.97. The first-order chi connectivity index (χ1) is 10.2. The second-order valence-electron chi connectivity index (χ2n) is 4.91. The molecular weight excluding hydrogens is 286 g/mol. The van der Waals surface area contributed by atoms with Crippen molar-refractivity contribution in [1.29, 1.82) is 0 Å². The van der Waals surface area contributed by atoms with Crippen LogP contribution in [0.5, 0.6) is 0 Å². The van der Waals surface area contributed by atoms with Crippen LogP contribution in [0.2, 0.25) is 5.02 Å². The van der Waals surface area contributed by atoms with Crippen LogP contribution in [0.1, 0.15) is 24.9 Å². The molecule has 0 aliphatic heterocycles. The van der Waals surface area contributed by atoms with Gasteiger partial charge in [0, 0.05) is 28.9 Å². The summed E-state index contributed by atoms with van der Waals surface area (Å²) in [5.41, 5.74) is 1.80. The van der Waals surface area contributed by atoms with Crippen LogP contribution in [-0.2, 0) is 6.42 Å². The minimum absolute atomic E-state index is 0.614. The van der Waals surface area contributed by atoms with Crippen molar-refractivity contribution in [2.75, 3.05) is 5.32 Å². The lowest BCUT2D eigenvalue weighted by molar-refractivity contribution is 0.819. The molecule has 0 unspecified atom stereocenters. The fraction of sp³-hybridized carbons (Fsp3) is 0.267. The number of nitrogens with one attached hydrogen (secondary N) is 1. The van der Waals surface area contributed by atoms with Crippen LogP contribution in [-0.4, -0.2) is 19.6 Å². The Morgan fingerprint density at radius 3 is 2.86 bits per heavy atom. The lowest BCUT2D eigenvalue weighted by Crippen LogP contribution is -2.02. The summed E-state index contributed by atoms with van der Waals surface area (Å²) in [4.78, 5) is 8.88. The smallest absolute Gasteiger partial charge is 0.254 e. The van der Waals surface area contributed by atoms with E-state index in [1.165, 1.54) is 0 Å². The van der Waals surface area contributed by atoms with Gasteiger partial charge in [-0.3, -0.25) is 0 Å². The Bertz CT molecular complexity index is 781. The molecule has 1 N–H and O–H groups in total. The number of halogens is 1. The summed E-state index contributed by atoms with van der Waals surface area (Å²) < 4.78 is 1.74. The second-order valence-corrected chi connectivity index (χ2v) is 5.34. The highest BCUT2D eigenvalue weighted by molar-refractivity contribution is 6.30. The molecule has 0 saturated carbocycles. The summed E-state index contributed by atoms with van der Waals surface area (Å²) in [5.74, 6) is 2.25. The Balaban J connectivity index is 2.04. The molecule has 0 aliphatic rings. The average molecular weight is 302 g/mol. The Morgan fingerprint density at radius 1 is 1.24 bits per heavy atom. The Hall–Kier alpha value is -2.14. The van der Waals surface area contributed by atoms with Gasteiger partial charge in [-0.25, -0.2) is 4.98 Å². The van der Waals surface area contributed by atoms with E-state index in [4.69, 9.17) is 11.6 Å². The molecule has 0 amide bonds. The van der Waals surface area contributed by atoms with Crippen LogP contribution >= 0.6 is 11.6 Å². The lowest BCUT2D eigenvalue weighted by Gasteiger charge is -2.08. The molecule has 21 heavy (non-hydrogen) atoms. The molecule has 0 atom stereocenters. The van der Waals surface area contributed by atoms with Crippen LogP contribution in [0.15, 0.2) is 30.3 Å². The number of aromatic nitrogens is 4. The van der Waals surface area contributed by atoms with Gasteiger partial charge in [0.15, 0.2) is 5.82 Å². The molecule has 3 rings (SSSR count). The molecule has 0 spiro atoms. The highest BCUT2D eigenvalue weighted by Crippen LogP contribution is 2.21. The first-order valence-electron chi connectivity index (χ1n) is 6.91. The maximum absolute atomic E-state index is 6.02. The summed E-state index contributed by atoms with van der Waals surface area (Å²) in [6.45, 7) is 4.05. The summed E-state index contributed by atoms with van der Waals surface area (Å²) in [6.07, 6.45) is 1.85. The molecular formula is C15H16ClN5. The SMILES string of the molecule is CCCc1nc2nc(C)cc(Nc3cccc(Cl)c3)n2n1. The van der Waals surface area contributed by atoms with Crippen molar-refractivity contribution < 1.29 is 0 Å². The molecule has 0 radical (unpaired) electrons. The number of hydrogen-bond acceptors (Lipinski definition) is 4. The molecule has 1 aromatic carbocycles. The topological polar surface area (TPSA) is 55.1 Å². The van der Waals surface area contributed by atoms with Gasteiger partial charge < -0.3 is 5.32 Å². The van der Waals surface area contributed by atoms with E-state index in [0.29, 0.717) is 10.8 Å². The quantitative estimate of drug-likeness (QED) is 0.796. The first-order valence-corrected chi connectivity index (χ1v) is 7.29. The maximum atomic E-state index is 6.02. The van der Waals surface area contributed by atoms with Crippen LogP contribution in [0.25, 0.3) is 5.78 Å². The fourth-order valence-electron chi connectivity index (χ4n) is 2.16. The van der Waals surface area contributed by atoms with Gasteiger partial charge in [0.05, 0.1) is 0 Å². The number of anilines is 2. The van der Waals surface area contributed by atoms with Crippen molar-refractivity contribution in [1.82, 2.24) is 19.6 Å². The van der Waals surface area contributed by atoms with Crippen LogP contribution in [0, 0.1) is 6.92 Å². The van der Waals surface area contributed by atoms with E-state index in [0.717, 1.165) is 35.9 Å². The van der Waals surface area contributed by atoms with E-state index in [-0.39, 0.29) is 0 Å². The molecule has 3 aromatic rings. The van der Waals surface area contributed by atoms with Gasteiger partial charge in [-0.1, -0.05) is 24.6 Å². The van der Waals surface area contributed by atoms with E-state index in [1.54, 1.807) is 4.52 Å². The minimum atomic E-state index is 0.614. The zero-order chi connectivity index (χ0) is 14.8. The molecule has 5 nitrogen and oxygen atoms in total. The molecule has 6 heteroatoms. The zero-order valence-electron chi connectivity index (χ0n) is 12.0. The largest absolute Gasteiger partial charge is 0.340 e. The molecule has 0 bridgehead atoms. The number of aryl methyl sites for hydroxylation is 2. The highest BCUT2D eigenvalue weighted by Gasteiger charge is 2.09. The number of fused-ring (bicyclic) bond motifs is 1. The van der Waals surface area contributed by atoms with Crippen molar-refractivity contribution in [2.45, 2.75) is 26.7 Å². The van der Waals surface area contributed by atoms with E-state index in [1.807, 2.05) is 37.3 Å². The molecule has 0 aliphatic carbocycles. The fourth-order valence-corrected chi connectivity index (χ4v) is 2.35. The van der Waals surface area contributed by atoms with Crippen molar-refractivity contribution in [3.8, 4) is 0 Å². The van der Waals surface area contributed by atoms with Crippen molar-refractivity contribution in [2.24, 2.45) is 0 Å². The standard InChI is InChI=1S/C15H16ClN5/c1-3-5-13-19-15-17-10(2)8-14(21(15)20-13)18-12-7-4-6-11(16)9-12/h4,6-9,18H,3,5H2,1-2H3. The average Bonchev–Trinajstić information content (AvgIpc) is 2.81. The van der Waals surface area contributed by atoms with Crippen LogP contribution in [0.3, 0.4) is 0 Å². The number of benzene rings is 1. The van der Waals surface area contributed by atoms with Gasteiger partial charge in [0.2, 0.25) is 0 Å². The second kappa shape index (κ2) is 5.69. The van der Waals surface area contributed by atoms with Gasteiger partial charge in [0.25, 0.3) is 5.78 Å². The van der Waals surface area contributed by atoms with Gasteiger partial charge in [0.1, 0.15) is 5.82 Å². The summed E-state index contributed by atoms with van der Waals surface area (Å²) in [6, 6.07) is 9.51. The molecule has 2 aromatic heterocycles. The van der Waals surface area contributed by atoms with E-state index >= 15 is 0 Å². The number of rotatable bonds is 4. The van der Waals surface area contributed by atoms with Gasteiger partial charge in [-0.2, -0.15) is 9.50 Å². The van der Waals surface area contributed by atoms with Crippen LogP contribution < -0.4 is 5.32 Å². The van der Waals surface area contributed by atoms with Gasteiger partial charge >= 0.3 is 0 Å². The number of nitrogens with zero attached hydrogens (tertiary/aromatic N) is 4. The Morgan fingerprint density at radius 2 is 2.10 bits per heavy atom. The molecule has 108 valence electrons. The van der Waals surface area contributed by atoms with Gasteiger partial charge in [-0.05, 0) is 31.5 Å². The number of hydrogen-bond donors (Lipinski definition) is 1. The van der Waals surface area contributed by atoms with Crippen LogP contribution in [0.4, 0.5) is 11.5 Å². The zero-order valence-corrected chi connectivity index (χ0v) is 12.7. The molecule has 2 heterocycles. The summed E-state index contributed by atoms with van der Waals surface area (Å²) in [7, 11) is 0.